The highest BCUT2D eigenvalue weighted by atomic mass is 16.4. The van der Waals surface area contributed by atoms with E-state index in [0.29, 0.717) is 12.2 Å². The molecule has 0 aliphatic carbocycles. The van der Waals surface area contributed by atoms with Crippen molar-refractivity contribution in [1.29, 1.82) is 0 Å². The van der Waals surface area contributed by atoms with Gasteiger partial charge in [-0.2, -0.15) is 0 Å². The predicted molar refractivity (Wildman–Crippen MR) is 109 cm³/mol. The zero-order chi connectivity index (χ0) is 20.4. The van der Waals surface area contributed by atoms with E-state index < -0.39 is 18.3 Å². The maximum atomic E-state index is 11.9. The number of carboxylic acids is 1. The largest absolute Gasteiger partial charge is 0.481 e. The number of nitrogens with zero attached hydrogens (tertiary/aromatic N) is 2. The summed E-state index contributed by atoms with van der Waals surface area (Å²) >= 11 is 0. The first-order valence-electron chi connectivity index (χ1n) is 9.06. The third kappa shape index (κ3) is 3.98. The SMILES string of the molecule is Cc1cccc(C)c1CNc1cc(NC(=O)CC(=O)O)cn2c(C)c(C)nc12. The molecule has 0 aliphatic rings. The molecule has 7 nitrogen and oxygen atoms in total. The molecule has 0 unspecified atom stereocenters. The van der Waals surface area contributed by atoms with Crippen molar-refractivity contribution >= 4 is 28.9 Å². The van der Waals surface area contributed by atoms with Crippen LogP contribution in [0.5, 0.6) is 0 Å². The van der Waals surface area contributed by atoms with E-state index in [1.54, 1.807) is 12.3 Å². The van der Waals surface area contributed by atoms with Gasteiger partial charge in [-0.05, 0) is 50.5 Å². The number of rotatable bonds is 6. The standard InChI is InChI=1S/C21H24N4O3/c1-12-6-5-7-13(2)17(12)10-22-18-8-16(24-19(26)9-20(27)28)11-25-15(4)14(3)23-21(18)25/h5-8,11,22H,9-10H2,1-4H3,(H,24,26)(H,27,28). The Balaban J connectivity index is 1.96. The molecule has 2 heterocycles. The molecule has 0 saturated heterocycles. The zero-order valence-corrected chi connectivity index (χ0v) is 16.5. The number of nitrogens with one attached hydrogen (secondary N) is 2. The van der Waals surface area contributed by atoms with E-state index in [0.717, 1.165) is 22.7 Å². The van der Waals surface area contributed by atoms with Gasteiger partial charge in [0.1, 0.15) is 6.42 Å². The summed E-state index contributed by atoms with van der Waals surface area (Å²) in [7, 11) is 0. The minimum atomic E-state index is -1.17. The number of aryl methyl sites for hydroxylation is 4. The molecule has 7 heteroatoms. The monoisotopic (exact) mass is 380 g/mol. The van der Waals surface area contributed by atoms with Crippen molar-refractivity contribution in [2.24, 2.45) is 0 Å². The number of carbonyl (C=O) groups excluding carboxylic acids is 1. The van der Waals surface area contributed by atoms with E-state index in [9.17, 15) is 9.59 Å². The van der Waals surface area contributed by atoms with E-state index >= 15 is 0 Å². The van der Waals surface area contributed by atoms with Crippen LogP contribution < -0.4 is 10.6 Å². The summed E-state index contributed by atoms with van der Waals surface area (Å²) < 4.78 is 1.90. The van der Waals surface area contributed by atoms with Gasteiger partial charge in [0.15, 0.2) is 5.65 Å². The average Bonchev–Trinajstić information content (AvgIpc) is 2.89. The Labute approximate surface area is 163 Å². The summed E-state index contributed by atoms with van der Waals surface area (Å²) in [5, 5.41) is 14.9. The molecule has 28 heavy (non-hydrogen) atoms. The number of fused-ring (bicyclic) bond motifs is 1. The number of carboxylic acid groups (broad SMARTS) is 1. The third-order valence-electron chi connectivity index (χ3n) is 4.89. The Bertz CT molecular complexity index is 1050. The summed E-state index contributed by atoms with van der Waals surface area (Å²) in [5.74, 6) is -1.73. The number of pyridine rings is 1. The van der Waals surface area contributed by atoms with Crippen molar-refractivity contribution in [1.82, 2.24) is 9.38 Å². The van der Waals surface area contributed by atoms with Gasteiger partial charge in [-0.15, -0.1) is 0 Å². The Hall–Kier alpha value is -3.35. The maximum Gasteiger partial charge on any atom is 0.312 e. The molecule has 0 radical (unpaired) electrons. The fraction of sp³-hybridized carbons (Fsp3) is 0.286. The molecule has 0 saturated carbocycles. The van der Waals surface area contributed by atoms with Crippen LogP contribution in [-0.2, 0) is 16.1 Å². The second-order valence-corrected chi connectivity index (χ2v) is 6.96. The molecule has 3 rings (SSSR count). The molecular formula is C21H24N4O3. The molecule has 1 amide bonds. The molecule has 2 aromatic heterocycles. The third-order valence-corrected chi connectivity index (χ3v) is 4.89. The first kappa shape index (κ1) is 19.4. The van der Waals surface area contributed by atoms with Crippen LogP contribution in [0.15, 0.2) is 30.5 Å². The van der Waals surface area contributed by atoms with Crippen molar-refractivity contribution in [3.05, 3.63) is 58.5 Å². The van der Waals surface area contributed by atoms with Gasteiger partial charge in [-0.25, -0.2) is 4.98 Å². The molecule has 1 aromatic carbocycles. The van der Waals surface area contributed by atoms with Gasteiger partial charge >= 0.3 is 5.97 Å². The topological polar surface area (TPSA) is 95.7 Å². The number of aromatic nitrogens is 2. The summed E-state index contributed by atoms with van der Waals surface area (Å²) in [6.45, 7) is 8.65. The van der Waals surface area contributed by atoms with Gasteiger partial charge in [0.25, 0.3) is 0 Å². The number of benzene rings is 1. The molecule has 0 atom stereocenters. The molecule has 0 aliphatic heterocycles. The fourth-order valence-electron chi connectivity index (χ4n) is 3.22. The van der Waals surface area contributed by atoms with Crippen LogP contribution >= 0.6 is 0 Å². The molecular weight excluding hydrogens is 356 g/mol. The second kappa shape index (κ2) is 7.72. The lowest BCUT2D eigenvalue weighted by atomic mass is 10.0. The zero-order valence-electron chi connectivity index (χ0n) is 16.5. The summed E-state index contributed by atoms with van der Waals surface area (Å²) in [6, 6.07) is 7.97. The first-order chi connectivity index (χ1) is 13.3. The predicted octanol–water partition coefficient (Wildman–Crippen LogP) is 3.59. The molecule has 0 bridgehead atoms. The van der Waals surface area contributed by atoms with Crippen molar-refractivity contribution in [3.63, 3.8) is 0 Å². The minimum Gasteiger partial charge on any atom is -0.481 e. The molecule has 3 N–H and O–H groups in total. The number of amides is 1. The maximum absolute atomic E-state index is 11.9. The second-order valence-electron chi connectivity index (χ2n) is 6.96. The van der Waals surface area contributed by atoms with Gasteiger partial charge in [0.2, 0.25) is 5.91 Å². The van der Waals surface area contributed by atoms with Gasteiger partial charge in [-0.1, -0.05) is 18.2 Å². The van der Waals surface area contributed by atoms with E-state index in [4.69, 9.17) is 5.11 Å². The van der Waals surface area contributed by atoms with Crippen molar-refractivity contribution in [3.8, 4) is 0 Å². The summed E-state index contributed by atoms with van der Waals surface area (Å²) in [6.07, 6.45) is 1.18. The van der Waals surface area contributed by atoms with E-state index in [-0.39, 0.29) is 0 Å². The summed E-state index contributed by atoms with van der Waals surface area (Å²) in [5.41, 5.74) is 7.51. The van der Waals surface area contributed by atoms with Gasteiger partial charge < -0.3 is 20.1 Å². The van der Waals surface area contributed by atoms with Crippen molar-refractivity contribution in [2.75, 3.05) is 10.6 Å². The van der Waals surface area contributed by atoms with Gasteiger partial charge in [0, 0.05) is 18.4 Å². The van der Waals surface area contributed by atoms with Crippen LogP contribution in [0, 0.1) is 27.7 Å². The lowest BCUT2D eigenvalue weighted by Crippen LogP contribution is -2.16. The lowest BCUT2D eigenvalue weighted by Gasteiger charge is -2.14. The Morgan fingerprint density at radius 3 is 2.46 bits per heavy atom. The van der Waals surface area contributed by atoms with Crippen LogP contribution in [-0.4, -0.2) is 26.4 Å². The molecule has 146 valence electrons. The van der Waals surface area contributed by atoms with Crippen LogP contribution in [0.25, 0.3) is 5.65 Å². The minimum absolute atomic E-state index is 0.517. The Morgan fingerprint density at radius 1 is 1.14 bits per heavy atom. The van der Waals surface area contributed by atoms with Gasteiger partial charge in [0.05, 0.1) is 17.1 Å². The van der Waals surface area contributed by atoms with Crippen LogP contribution in [0.1, 0.15) is 34.5 Å². The van der Waals surface area contributed by atoms with Crippen molar-refractivity contribution in [2.45, 2.75) is 40.7 Å². The number of aliphatic carboxylic acids is 1. The molecule has 3 aromatic rings. The first-order valence-corrected chi connectivity index (χ1v) is 9.06. The highest BCUT2D eigenvalue weighted by Gasteiger charge is 2.14. The molecule has 0 spiro atoms. The number of hydrogen-bond donors (Lipinski definition) is 3. The fourth-order valence-corrected chi connectivity index (χ4v) is 3.22. The highest BCUT2D eigenvalue weighted by Crippen LogP contribution is 2.26. The van der Waals surface area contributed by atoms with E-state index in [1.807, 2.05) is 24.3 Å². The Morgan fingerprint density at radius 2 is 1.82 bits per heavy atom. The van der Waals surface area contributed by atoms with Crippen LogP contribution in [0.2, 0.25) is 0 Å². The lowest BCUT2D eigenvalue weighted by molar-refractivity contribution is -0.139. The number of carbonyl (C=O) groups is 2. The number of hydrogen-bond acceptors (Lipinski definition) is 4. The van der Waals surface area contributed by atoms with Crippen LogP contribution in [0.3, 0.4) is 0 Å². The van der Waals surface area contributed by atoms with E-state index in [2.05, 4.69) is 41.6 Å². The Kier molecular flexibility index (Phi) is 5.35. The van der Waals surface area contributed by atoms with E-state index in [1.165, 1.54) is 16.7 Å². The van der Waals surface area contributed by atoms with Gasteiger partial charge in [-0.3, -0.25) is 9.59 Å². The number of imidazole rings is 1. The van der Waals surface area contributed by atoms with Crippen molar-refractivity contribution < 1.29 is 14.7 Å². The number of anilines is 2. The highest BCUT2D eigenvalue weighted by molar-refractivity contribution is 6.01. The quantitative estimate of drug-likeness (QED) is 0.568. The average molecular weight is 380 g/mol. The normalized spacial score (nSPS) is 10.9. The smallest absolute Gasteiger partial charge is 0.312 e. The summed E-state index contributed by atoms with van der Waals surface area (Å²) in [4.78, 5) is 27.3. The molecule has 0 fully saturated rings. The van der Waals surface area contributed by atoms with Crippen LogP contribution in [0.4, 0.5) is 11.4 Å².